The van der Waals surface area contributed by atoms with E-state index >= 15 is 0 Å². The lowest BCUT2D eigenvalue weighted by atomic mass is 9.78. The lowest BCUT2D eigenvalue weighted by Gasteiger charge is -2.36. The summed E-state index contributed by atoms with van der Waals surface area (Å²) in [4.78, 5) is 28.7. The molecule has 0 spiro atoms. The van der Waals surface area contributed by atoms with Crippen molar-refractivity contribution in [3.05, 3.63) is 72.3 Å². The van der Waals surface area contributed by atoms with E-state index in [1.165, 1.54) is 12.8 Å². The van der Waals surface area contributed by atoms with Crippen molar-refractivity contribution in [2.45, 2.75) is 90.2 Å². The molecule has 51 heavy (non-hydrogen) atoms. The maximum atomic E-state index is 14.4. The van der Waals surface area contributed by atoms with Crippen molar-refractivity contribution in [3.63, 3.8) is 0 Å². The van der Waals surface area contributed by atoms with Gasteiger partial charge >= 0.3 is 6.09 Å². The predicted molar refractivity (Wildman–Crippen MR) is 200 cm³/mol. The van der Waals surface area contributed by atoms with Gasteiger partial charge in [0.2, 0.25) is 15.9 Å². The van der Waals surface area contributed by atoms with Crippen molar-refractivity contribution in [2.75, 3.05) is 37.9 Å². The summed E-state index contributed by atoms with van der Waals surface area (Å²) in [6.45, 7) is 9.32. The van der Waals surface area contributed by atoms with Crippen molar-refractivity contribution < 1.29 is 27.5 Å². The van der Waals surface area contributed by atoms with Crippen LogP contribution in [0.4, 0.5) is 10.5 Å². The Kier molecular flexibility index (Phi) is 13.2. The highest BCUT2D eigenvalue weighted by Gasteiger charge is 2.34. The monoisotopic (exact) mass is 721 g/mol. The van der Waals surface area contributed by atoms with Gasteiger partial charge in [-0.2, -0.15) is 5.10 Å². The molecule has 3 aliphatic rings. The number of carbonyl (C=O) groups is 2. The molecule has 3 fully saturated rings. The summed E-state index contributed by atoms with van der Waals surface area (Å²) in [6, 6.07) is 8.78. The topological polar surface area (TPSA) is 132 Å². The molecule has 0 saturated heterocycles. The number of amides is 2. The molecule has 2 N–H and O–H groups in total. The highest BCUT2D eigenvalue weighted by Crippen LogP contribution is 2.38. The fourth-order valence-corrected chi connectivity index (χ4v) is 7.65. The molecule has 5 rings (SSSR count). The van der Waals surface area contributed by atoms with E-state index in [2.05, 4.69) is 50.8 Å². The van der Waals surface area contributed by atoms with Crippen LogP contribution in [0.2, 0.25) is 0 Å². The van der Waals surface area contributed by atoms with Crippen LogP contribution in [0.15, 0.2) is 72.3 Å². The van der Waals surface area contributed by atoms with E-state index in [0.717, 1.165) is 65.7 Å². The van der Waals surface area contributed by atoms with Crippen molar-refractivity contribution in [3.8, 4) is 11.1 Å². The second kappa shape index (κ2) is 17.5. The van der Waals surface area contributed by atoms with Gasteiger partial charge in [-0.3, -0.25) is 9.48 Å². The van der Waals surface area contributed by atoms with E-state index < -0.39 is 16.1 Å². The average molecular weight is 722 g/mol. The third-order valence-electron chi connectivity index (χ3n) is 10.3. The van der Waals surface area contributed by atoms with Crippen molar-refractivity contribution in [2.24, 2.45) is 17.8 Å². The number of nitrogens with one attached hydrogen (secondary N) is 2. The molecule has 1 heterocycles. The first-order chi connectivity index (χ1) is 24.4. The molecule has 0 atom stereocenters. The molecule has 0 bridgehead atoms. The third-order valence-corrected chi connectivity index (χ3v) is 11.0. The van der Waals surface area contributed by atoms with E-state index in [0.29, 0.717) is 50.1 Å². The summed E-state index contributed by atoms with van der Waals surface area (Å²) in [5.74, 6) is 1.60. The van der Waals surface area contributed by atoms with Crippen LogP contribution in [0.5, 0.6) is 0 Å². The van der Waals surface area contributed by atoms with Crippen LogP contribution in [-0.4, -0.2) is 69.3 Å². The first kappa shape index (κ1) is 38.3. The Hall–Kier alpha value is -3.90. The number of benzene rings is 1. The maximum absolute atomic E-state index is 14.4. The summed E-state index contributed by atoms with van der Waals surface area (Å²) in [5, 5.41) is 7.19. The summed E-state index contributed by atoms with van der Waals surface area (Å²) in [6.07, 6.45) is 17.2. The number of allylic oxidation sites excluding steroid dienone is 4. The second-order valence-electron chi connectivity index (χ2n) is 14.6. The SMILES string of the molecule is C=C(/C=C\C(OC)=C(C)C)[C@H]1CC[C@H](CN(c2cccc(-c3cnn(C4CC4)c3)c2)C(=O)[C@H]2CC[C@H](OC(=O)NCCNS(C)(=O)=O)CC2)CC1. The predicted octanol–water partition coefficient (Wildman–Crippen LogP) is 6.91. The van der Waals surface area contributed by atoms with Gasteiger partial charge in [0.05, 0.1) is 25.6 Å². The molecule has 278 valence electrons. The normalized spacial score (nSPS) is 22.3. The molecule has 1 aromatic heterocycles. The number of rotatable bonds is 15. The number of methoxy groups -OCH3 is 1. The Bertz CT molecular complexity index is 1690. The van der Waals surface area contributed by atoms with Crippen molar-refractivity contribution in [1.82, 2.24) is 19.8 Å². The van der Waals surface area contributed by atoms with Gasteiger partial charge in [-0.05, 0) is 119 Å². The smallest absolute Gasteiger partial charge is 0.407 e. The van der Waals surface area contributed by atoms with Crippen molar-refractivity contribution >= 4 is 27.7 Å². The van der Waals surface area contributed by atoms with Crippen LogP contribution in [-0.2, 0) is 24.3 Å². The molecule has 0 radical (unpaired) electrons. The standard InChI is InChI=1S/C39H55N5O6S/c1-27(2)37(49-4)20-9-28(3)30-12-10-29(11-13-30)25-43(35-8-6-7-32(23-35)33-24-41-44(26-33)34-16-17-34)38(45)31-14-18-36(19-15-31)50-39(46)40-21-22-42-51(5,47)48/h6-9,20,23-24,26,29-31,34,36,42H,3,10-19,21-22,25H2,1-2,4-5H3,(H,40,46)/b20-9-/t29-,30-,31-,36-. The molecule has 3 saturated carbocycles. The van der Waals surface area contributed by atoms with Gasteiger partial charge in [0.1, 0.15) is 11.9 Å². The van der Waals surface area contributed by atoms with Gasteiger partial charge in [-0.15, -0.1) is 0 Å². The van der Waals surface area contributed by atoms with Gasteiger partial charge in [0.25, 0.3) is 0 Å². The fourth-order valence-electron chi connectivity index (χ4n) is 7.18. The highest BCUT2D eigenvalue weighted by atomic mass is 32.2. The lowest BCUT2D eigenvalue weighted by Crippen LogP contribution is -2.42. The number of anilines is 1. The Morgan fingerprint density at radius 1 is 0.980 bits per heavy atom. The Morgan fingerprint density at radius 2 is 1.69 bits per heavy atom. The molecular weight excluding hydrogens is 667 g/mol. The van der Waals surface area contributed by atoms with Gasteiger partial charge in [0, 0.05) is 43.0 Å². The van der Waals surface area contributed by atoms with Gasteiger partial charge < -0.3 is 19.7 Å². The number of aromatic nitrogens is 2. The fraction of sp³-hybridized carbons (Fsp3) is 0.564. The van der Waals surface area contributed by atoms with E-state index in [1.807, 2.05) is 43.2 Å². The zero-order valence-corrected chi connectivity index (χ0v) is 31.4. The molecule has 0 unspecified atom stereocenters. The van der Waals surface area contributed by atoms with Gasteiger partial charge in [-0.25, -0.2) is 17.9 Å². The molecule has 11 nitrogen and oxygen atoms in total. The molecule has 2 aromatic rings. The molecule has 12 heteroatoms. The van der Waals surface area contributed by atoms with Crippen LogP contribution in [0, 0.1) is 17.8 Å². The minimum Gasteiger partial charge on any atom is -0.497 e. The third kappa shape index (κ3) is 11.3. The molecule has 2 amide bonds. The summed E-state index contributed by atoms with van der Waals surface area (Å²) in [5.41, 5.74) is 5.25. The lowest BCUT2D eigenvalue weighted by molar-refractivity contribution is -0.124. The average Bonchev–Trinajstić information content (AvgIpc) is 3.84. The zero-order chi connectivity index (χ0) is 36.5. The second-order valence-corrected chi connectivity index (χ2v) is 16.4. The van der Waals surface area contributed by atoms with Gasteiger partial charge in [-0.1, -0.05) is 30.4 Å². The number of ether oxygens (including phenoxy) is 2. The number of hydrogen-bond acceptors (Lipinski definition) is 7. The first-order valence-corrected chi connectivity index (χ1v) is 20.2. The molecule has 1 aromatic carbocycles. The number of alkyl carbamates (subject to hydrolysis) is 1. The quantitative estimate of drug-likeness (QED) is 0.116. The highest BCUT2D eigenvalue weighted by molar-refractivity contribution is 7.88. The van der Waals surface area contributed by atoms with E-state index in [9.17, 15) is 18.0 Å². The maximum Gasteiger partial charge on any atom is 0.407 e. The van der Waals surface area contributed by atoms with E-state index in [-0.39, 0.29) is 31.0 Å². The van der Waals surface area contributed by atoms with Crippen LogP contribution in [0.25, 0.3) is 11.1 Å². The summed E-state index contributed by atoms with van der Waals surface area (Å²) in [7, 11) is -1.63. The van der Waals surface area contributed by atoms with Crippen molar-refractivity contribution in [1.29, 1.82) is 0 Å². The largest absolute Gasteiger partial charge is 0.497 e. The molecule has 3 aliphatic carbocycles. The summed E-state index contributed by atoms with van der Waals surface area (Å²) < 4.78 is 38.0. The molecule has 0 aliphatic heterocycles. The number of hydrogen-bond donors (Lipinski definition) is 2. The van der Waals surface area contributed by atoms with Crippen LogP contribution in [0.3, 0.4) is 0 Å². The zero-order valence-electron chi connectivity index (χ0n) is 30.6. The van der Waals surface area contributed by atoms with E-state index in [4.69, 9.17) is 9.47 Å². The Labute approximate surface area is 303 Å². The van der Waals surface area contributed by atoms with E-state index in [1.54, 1.807) is 7.11 Å². The van der Waals surface area contributed by atoms with Crippen LogP contribution < -0.4 is 14.9 Å². The minimum atomic E-state index is -3.32. The Balaban J connectivity index is 1.23. The molecular formula is C39H55N5O6S. The van der Waals surface area contributed by atoms with Crippen LogP contribution in [0.1, 0.15) is 84.1 Å². The number of nitrogens with zero attached hydrogens (tertiary/aromatic N) is 3. The number of sulfonamides is 1. The minimum absolute atomic E-state index is 0.0913. The summed E-state index contributed by atoms with van der Waals surface area (Å²) >= 11 is 0. The van der Waals surface area contributed by atoms with Crippen LogP contribution >= 0.6 is 0 Å². The number of carbonyl (C=O) groups excluding carboxylic acids is 2. The van der Waals surface area contributed by atoms with Gasteiger partial charge in [0.15, 0.2) is 0 Å². The first-order valence-electron chi connectivity index (χ1n) is 18.3. The Morgan fingerprint density at radius 3 is 2.33 bits per heavy atom.